The van der Waals surface area contributed by atoms with Crippen LogP contribution in [0.15, 0.2) is 206 Å². The Kier molecular flexibility index (Phi) is 7.96. The van der Waals surface area contributed by atoms with Crippen molar-refractivity contribution in [1.82, 2.24) is 0 Å². The number of fused-ring (bicyclic) bond motifs is 3. The third kappa shape index (κ3) is 5.48. The van der Waals surface area contributed by atoms with Crippen molar-refractivity contribution in [2.45, 2.75) is 24.8 Å². The lowest BCUT2D eigenvalue weighted by Crippen LogP contribution is -2.34. The van der Waals surface area contributed by atoms with E-state index < -0.39 is 0 Å². The molecule has 2 unspecified atom stereocenters. The van der Waals surface area contributed by atoms with Gasteiger partial charge in [0.1, 0.15) is 0 Å². The first kappa shape index (κ1) is 34.8. The van der Waals surface area contributed by atoms with Gasteiger partial charge in [-0.1, -0.05) is 164 Å². The molecule has 2 atom stereocenters. The van der Waals surface area contributed by atoms with E-state index in [1.807, 2.05) is 0 Å². The average molecular weight is 769 g/mol. The summed E-state index contributed by atoms with van der Waals surface area (Å²) in [5.41, 5.74) is 12.4. The van der Waals surface area contributed by atoms with Crippen LogP contribution >= 0.6 is 0 Å². The van der Waals surface area contributed by atoms with Crippen LogP contribution in [0.5, 0.6) is 0 Å². The number of hydrogen-bond acceptors (Lipinski definition) is 2. The SMILES string of the molecule is CN(c1ccc(-c2ccc(N(c3cccc(C4=CCCC=C4)c3)C34C=CC=C(c5ccccc5)C3C4)cc2)cc1)c1ccc2c3cccc4cccc(c5cccc1c52)c43. The molecule has 3 aliphatic rings. The molecule has 3 aliphatic carbocycles. The molecule has 2 nitrogen and oxygen atoms in total. The number of hydrogen-bond donors (Lipinski definition) is 0. The zero-order valence-electron chi connectivity index (χ0n) is 33.7. The van der Waals surface area contributed by atoms with Crippen LogP contribution in [-0.2, 0) is 0 Å². The third-order valence-electron chi connectivity index (χ3n) is 13.5. The predicted molar refractivity (Wildman–Crippen MR) is 257 cm³/mol. The molecule has 0 N–H and O–H groups in total. The number of nitrogens with zero attached hydrogens (tertiary/aromatic N) is 2. The molecule has 0 saturated heterocycles. The number of rotatable bonds is 8. The predicted octanol–water partition coefficient (Wildman–Crippen LogP) is 15.5. The topological polar surface area (TPSA) is 6.48 Å². The average Bonchev–Trinajstić information content (AvgIpc) is 4.07. The summed E-state index contributed by atoms with van der Waals surface area (Å²) in [4.78, 5) is 4.95. The van der Waals surface area contributed by atoms with Gasteiger partial charge in [0, 0.05) is 41.1 Å². The first-order valence-electron chi connectivity index (χ1n) is 21.4. The molecule has 0 bridgehead atoms. The van der Waals surface area contributed by atoms with Crippen molar-refractivity contribution in [3.05, 3.63) is 217 Å². The van der Waals surface area contributed by atoms with Gasteiger partial charge in [-0.3, -0.25) is 0 Å². The van der Waals surface area contributed by atoms with Gasteiger partial charge < -0.3 is 9.80 Å². The maximum absolute atomic E-state index is 2.61. The van der Waals surface area contributed by atoms with Crippen LogP contribution in [0.3, 0.4) is 0 Å². The molecule has 0 heterocycles. The van der Waals surface area contributed by atoms with E-state index in [0.717, 1.165) is 24.9 Å². The van der Waals surface area contributed by atoms with Crippen molar-refractivity contribution in [2.24, 2.45) is 5.92 Å². The maximum atomic E-state index is 2.61. The monoisotopic (exact) mass is 768 g/mol. The molecular formula is C58H44N2. The molecule has 0 radical (unpaired) electrons. The minimum Gasteiger partial charge on any atom is -0.344 e. The number of allylic oxidation sites excluding steroid dienone is 6. The smallest absolute Gasteiger partial charge is 0.0712 e. The lowest BCUT2D eigenvalue weighted by molar-refractivity contribution is 0.759. The fourth-order valence-electron chi connectivity index (χ4n) is 10.5. The summed E-state index contributed by atoms with van der Waals surface area (Å²) in [5, 5.41) is 10.5. The van der Waals surface area contributed by atoms with Gasteiger partial charge in [0.25, 0.3) is 0 Å². The fourth-order valence-corrected chi connectivity index (χ4v) is 10.5. The Balaban J connectivity index is 0.876. The lowest BCUT2D eigenvalue weighted by Gasteiger charge is -2.35. The van der Waals surface area contributed by atoms with Gasteiger partial charge in [-0.15, -0.1) is 0 Å². The molecular weight excluding hydrogens is 725 g/mol. The third-order valence-corrected chi connectivity index (χ3v) is 13.5. The molecule has 0 amide bonds. The van der Waals surface area contributed by atoms with Crippen LogP contribution in [0.1, 0.15) is 30.4 Å². The van der Waals surface area contributed by atoms with E-state index in [1.54, 1.807) is 0 Å². The molecule has 1 fully saturated rings. The Morgan fingerprint density at radius 3 is 1.90 bits per heavy atom. The summed E-state index contributed by atoms with van der Waals surface area (Å²) >= 11 is 0. The van der Waals surface area contributed by atoms with Gasteiger partial charge >= 0.3 is 0 Å². The highest BCUT2D eigenvalue weighted by Gasteiger charge is 2.59. The summed E-state index contributed by atoms with van der Waals surface area (Å²) in [6.07, 6.45) is 17.3. The molecule has 286 valence electrons. The van der Waals surface area contributed by atoms with Crippen molar-refractivity contribution in [2.75, 3.05) is 16.8 Å². The van der Waals surface area contributed by atoms with E-state index >= 15 is 0 Å². The molecule has 60 heavy (non-hydrogen) atoms. The van der Waals surface area contributed by atoms with Crippen molar-refractivity contribution in [3.63, 3.8) is 0 Å². The normalized spacial score (nSPS) is 18.2. The second kappa shape index (κ2) is 13.7. The van der Waals surface area contributed by atoms with Crippen molar-refractivity contribution in [1.29, 1.82) is 0 Å². The Labute approximate surface area is 351 Å². The lowest BCUT2D eigenvalue weighted by atomic mass is 9.89. The van der Waals surface area contributed by atoms with Gasteiger partial charge in [-0.05, 0) is 133 Å². The maximum Gasteiger partial charge on any atom is 0.0712 e. The van der Waals surface area contributed by atoms with Crippen molar-refractivity contribution < 1.29 is 0 Å². The Morgan fingerprint density at radius 2 is 1.17 bits per heavy atom. The Bertz CT molecular complexity index is 3190. The summed E-state index contributed by atoms with van der Waals surface area (Å²) in [6, 6.07) is 63.2. The van der Waals surface area contributed by atoms with Crippen LogP contribution in [0.4, 0.5) is 22.7 Å². The summed E-state index contributed by atoms with van der Waals surface area (Å²) < 4.78 is 0. The fraction of sp³-hybridized carbons (Fsp3) is 0.103. The molecule has 0 aromatic heterocycles. The van der Waals surface area contributed by atoms with E-state index in [2.05, 4.69) is 223 Å². The van der Waals surface area contributed by atoms with E-state index in [1.165, 1.54) is 93.6 Å². The van der Waals surface area contributed by atoms with Crippen LogP contribution in [0.2, 0.25) is 0 Å². The first-order valence-corrected chi connectivity index (χ1v) is 21.4. The molecule has 12 rings (SSSR count). The van der Waals surface area contributed by atoms with Crippen LogP contribution in [-0.4, -0.2) is 12.6 Å². The standard InChI is InChI=1S/C58H44N2/c1-59(55-35-34-52-50-22-10-18-43-17-9-21-49(56(43)50)51-23-11-24-53(55)57(51)52)45-30-26-40(27-31-45)41-28-32-46(33-29-41)60(47-20-8-19-44(37-47)39-13-4-2-5-14-39)58-36-12-25-48(54(58)38-58)42-15-6-3-7-16-42/h3-4,6-37,54H,2,5,38H2,1H3. The Hall–Kier alpha value is -7.16. The van der Waals surface area contributed by atoms with Gasteiger partial charge in [-0.2, -0.15) is 0 Å². The molecule has 0 spiro atoms. The largest absolute Gasteiger partial charge is 0.344 e. The first-order chi connectivity index (χ1) is 29.6. The minimum atomic E-state index is -0.123. The molecule has 2 heteroatoms. The van der Waals surface area contributed by atoms with Gasteiger partial charge in [0.05, 0.1) is 5.54 Å². The quantitative estimate of drug-likeness (QED) is 0.112. The van der Waals surface area contributed by atoms with Gasteiger partial charge in [0.2, 0.25) is 0 Å². The van der Waals surface area contributed by atoms with Crippen LogP contribution < -0.4 is 9.80 Å². The number of anilines is 4. The highest BCUT2D eigenvalue weighted by Crippen LogP contribution is 2.61. The molecule has 0 aliphatic heterocycles. The van der Waals surface area contributed by atoms with E-state index in [9.17, 15) is 0 Å². The van der Waals surface area contributed by atoms with Crippen molar-refractivity contribution >= 4 is 77.0 Å². The highest BCUT2D eigenvalue weighted by molar-refractivity contribution is 6.34. The zero-order chi connectivity index (χ0) is 39.8. The van der Waals surface area contributed by atoms with E-state index in [4.69, 9.17) is 0 Å². The second-order valence-electron chi connectivity index (χ2n) is 16.8. The highest BCUT2D eigenvalue weighted by atomic mass is 15.3. The van der Waals surface area contributed by atoms with Gasteiger partial charge in [0.15, 0.2) is 0 Å². The molecule has 9 aromatic carbocycles. The zero-order valence-corrected chi connectivity index (χ0v) is 33.7. The van der Waals surface area contributed by atoms with Gasteiger partial charge in [-0.25, -0.2) is 0 Å². The molecule has 9 aromatic rings. The summed E-state index contributed by atoms with van der Waals surface area (Å²) in [6.45, 7) is 0. The second-order valence-corrected chi connectivity index (χ2v) is 16.8. The Morgan fingerprint density at radius 1 is 0.517 bits per heavy atom. The summed E-state index contributed by atoms with van der Waals surface area (Å²) in [5.74, 6) is 0.416. The van der Waals surface area contributed by atoms with Crippen LogP contribution in [0, 0.1) is 5.92 Å². The van der Waals surface area contributed by atoms with E-state index in [-0.39, 0.29) is 5.54 Å². The molecule has 1 saturated carbocycles. The summed E-state index contributed by atoms with van der Waals surface area (Å²) in [7, 11) is 2.19. The van der Waals surface area contributed by atoms with E-state index in [0.29, 0.717) is 5.92 Å². The number of benzene rings is 9. The van der Waals surface area contributed by atoms with Crippen molar-refractivity contribution in [3.8, 4) is 11.1 Å². The van der Waals surface area contributed by atoms with Crippen LogP contribution in [0.25, 0.3) is 65.4 Å². The minimum absolute atomic E-state index is 0.123.